The first kappa shape index (κ1) is 15.7. The Bertz CT molecular complexity index is 532. The number of carbonyl (C=O) groups excluding carboxylic acids is 1. The zero-order valence-electron chi connectivity index (χ0n) is 11.5. The Morgan fingerprint density at radius 1 is 1.32 bits per heavy atom. The van der Waals surface area contributed by atoms with Crippen LogP contribution in [0.2, 0.25) is 0 Å². The molecule has 1 rings (SSSR count). The van der Waals surface area contributed by atoms with E-state index in [1.807, 2.05) is 6.92 Å². The lowest BCUT2D eigenvalue weighted by molar-refractivity contribution is 0.0204. The average Bonchev–Trinajstić information content (AvgIpc) is 2.40. The summed E-state index contributed by atoms with van der Waals surface area (Å²) in [6.45, 7) is 7.15. The second-order valence-corrected chi connectivity index (χ2v) is 5.87. The summed E-state index contributed by atoms with van der Waals surface area (Å²) < 4.78 is 10.3. The molecule has 0 atom stereocenters. The predicted octanol–water partition coefficient (Wildman–Crippen LogP) is 3.69. The van der Waals surface area contributed by atoms with Crippen molar-refractivity contribution in [3.63, 3.8) is 0 Å². The van der Waals surface area contributed by atoms with Gasteiger partial charge in [0.15, 0.2) is 5.75 Å². The van der Waals surface area contributed by atoms with Crippen molar-refractivity contribution in [1.29, 1.82) is 0 Å². The molecule has 0 bridgehead atoms. The standard InChI is InChI=1S/C14H17BrO4/c1-5-9-6-7-11(12(16)10(15)8-9)18-13(17)19-14(2,3)4/h6-8H,5H2,1-4H3. The molecule has 4 nitrogen and oxygen atoms in total. The highest BCUT2D eigenvalue weighted by Crippen LogP contribution is 2.15. The van der Waals surface area contributed by atoms with Gasteiger partial charge in [-0.25, -0.2) is 4.79 Å². The van der Waals surface area contributed by atoms with Gasteiger partial charge in [-0.15, -0.1) is 0 Å². The van der Waals surface area contributed by atoms with Gasteiger partial charge in [-0.1, -0.05) is 13.0 Å². The van der Waals surface area contributed by atoms with Crippen LogP contribution in [0.4, 0.5) is 4.79 Å². The van der Waals surface area contributed by atoms with E-state index in [4.69, 9.17) is 9.47 Å². The third-order valence-electron chi connectivity index (χ3n) is 2.19. The van der Waals surface area contributed by atoms with Crippen molar-refractivity contribution < 1.29 is 14.3 Å². The second-order valence-electron chi connectivity index (χ2n) is 5.01. The maximum Gasteiger partial charge on any atom is 0.514 e. The topological polar surface area (TPSA) is 52.6 Å². The van der Waals surface area contributed by atoms with Gasteiger partial charge in [-0.3, -0.25) is 4.79 Å². The Labute approximate surface area is 120 Å². The number of rotatable bonds is 2. The number of aryl methyl sites for hydroxylation is 1. The first-order valence-electron chi connectivity index (χ1n) is 5.96. The van der Waals surface area contributed by atoms with E-state index in [1.54, 1.807) is 32.9 Å². The molecule has 0 radical (unpaired) electrons. The van der Waals surface area contributed by atoms with Crippen LogP contribution in [0, 0.1) is 0 Å². The Morgan fingerprint density at radius 3 is 2.47 bits per heavy atom. The van der Waals surface area contributed by atoms with Gasteiger partial charge >= 0.3 is 6.16 Å². The molecule has 1 aromatic rings. The minimum absolute atomic E-state index is 0.0548. The van der Waals surface area contributed by atoms with Crippen LogP contribution in [0.15, 0.2) is 27.5 Å². The highest BCUT2D eigenvalue weighted by atomic mass is 79.9. The smallest absolute Gasteiger partial charge is 0.428 e. The van der Waals surface area contributed by atoms with E-state index in [-0.39, 0.29) is 11.2 Å². The van der Waals surface area contributed by atoms with Gasteiger partial charge in [-0.2, -0.15) is 0 Å². The molecular weight excluding hydrogens is 312 g/mol. The zero-order chi connectivity index (χ0) is 14.6. The largest absolute Gasteiger partial charge is 0.514 e. The van der Waals surface area contributed by atoms with Crippen LogP contribution in [0.3, 0.4) is 0 Å². The second kappa shape index (κ2) is 6.19. The summed E-state index contributed by atoms with van der Waals surface area (Å²) in [6, 6.07) is 4.94. The number of hydrogen-bond donors (Lipinski definition) is 0. The fourth-order valence-electron chi connectivity index (χ4n) is 1.31. The lowest BCUT2D eigenvalue weighted by Gasteiger charge is -2.18. The molecule has 19 heavy (non-hydrogen) atoms. The van der Waals surface area contributed by atoms with Crippen molar-refractivity contribution in [3.8, 4) is 5.75 Å². The Balaban J connectivity index is 3.03. The highest BCUT2D eigenvalue weighted by molar-refractivity contribution is 9.10. The molecule has 0 saturated heterocycles. The van der Waals surface area contributed by atoms with Gasteiger partial charge < -0.3 is 9.47 Å². The van der Waals surface area contributed by atoms with Gasteiger partial charge in [0, 0.05) is 0 Å². The monoisotopic (exact) mass is 328 g/mol. The van der Waals surface area contributed by atoms with Crippen LogP contribution in [-0.4, -0.2) is 11.8 Å². The minimum atomic E-state index is -0.888. The Morgan fingerprint density at radius 2 is 1.95 bits per heavy atom. The quantitative estimate of drug-likeness (QED) is 0.777. The lowest BCUT2D eigenvalue weighted by Crippen LogP contribution is -2.27. The van der Waals surface area contributed by atoms with Crippen LogP contribution in [-0.2, 0) is 11.2 Å². The minimum Gasteiger partial charge on any atom is -0.428 e. The maximum absolute atomic E-state index is 12.0. The molecule has 104 valence electrons. The Kier molecular flexibility index (Phi) is 5.11. The summed E-state index contributed by atoms with van der Waals surface area (Å²) in [7, 11) is 0. The summed E-state index contributed by atoms with van der Waals surface area (Å²) in [4.78, 5) is 23.5. The Hall–Kier alpha value is -1.36. The van der Waals surface area contributed by atoms with Crippen molar-refractivity contribution in [2.24, 2.45) is 0 Å². The highest BCUT2D eigenvalue weighted by Gasteiger charge is 2.19. The van der Waals surface area contributed by atoms with Crippen molar-refractivity contribution in [2.45, 2.75) is 39.7 Å². The molecule has 0 amide bonds. The van der Waals surface area contributed by atoms with Gasteiger partial charge in [0.25, 0.3) is 0 Å². The third-order valence-corrected chi connectivity index (χ3v) is 2.78. The molecule has 1 aromatic carbocycles. The number of carbonyl (C=O) groups is 1. The molecule has 0 unspecified atom stereocenters. The van der Waals surface area contributed by atoms with E-state index in [1.165, 1.54) is 6.07 Å². The zero-order valence-corrected chi connectivity index (χ0v) is 13.0. The van der Waals surface area contributed by atoms with E-state index >= 15 is 0 Å². The normalized spacial score (nSPS) is 11.0. The molecule has 0 aliphatic heterocycles. The van der Waals surface area contributed by atoms with Crippen LogP contribution < -0.4 is 10.2 Å². The predicted molar refractivity (Wildman–Crippen MR) is 76.7 cm³/mol. The summed E-state index contributed by atoms with van der Waals surface area (Å²) in [6.07, 6.45) is -0.112. The van der Waals surface area contributed by atoms with E-state index in [9.17, 15) is 9.59 Å². The fraction of sp³-hybridized carbons (Fsp3) is 0.429. The van der Waals surface area contributed by atoms with Crippen LogP contribution in [0.5, 0.6) is 5.75 Å². The summed E-state index contributed by atoms with van der Waals surface area (Å²) in [5.41, 5.74) is -0.0864. The van der Waals surface area contributed by atoms with E-state index in [0.717, 1.165) is 12.0 Å². The molecule has 0 saturated carbocycles. The molecule has 0 heterocycles. The lowest BCUT2D eigenvalue weighted by atomic mass is 10.2. The van der Waals surface area contributed by atoms with Gasteiger partial charge in [0.1, 0.15) is 5.60 Å². The molecular formula is C14H17BrO4. The third kappa shape index (κ3) is 5.03. The summed E-state index contributed by atoms with van der Waals surface area (Å²) in [5.74, 6) is -0.0548. The van der Waals surface area contributed by atoms with E-state index in [0.29, 0.717) is 4.47 Å². The van der Waals surface area contributed by atoms with Crippen LogP contribution in [0.25, 0.3) is 0 Å². The molecule has 0 fully saturated rings. The molecule has 0 aliphatic carbocycles. The summed E-state index contributed by atoms with van der Waals surface area (Å²) in [5, 5.41) is 0. The average molecular weight is 329 g/mol. The first-order valence-corrected chi connectivity index (χ1v) is 6.76. The van der Waals surface area contributed by atoms with E-state index < -0.39 is 11.8 Å². The maximum atomic E-state index is 12.0. The van der Waals surface area contributed by atoms with Crippen molar-refractivity contribution in [3.05, 3.63) is 38.5 Å². The van der Waals surface area contributed by atoms with Gasteiger partial charge in [0.2, 0.25) is 5.43 Å². The molecule has 5 heteroatoms. The van der Waals surface area contributed by atoms with Gasteiger partial charge in [-0.05, 0) is 60.8 Å². The number of hydrogen-bond acceptors (Lipinski definition) is 4. The van der Waals surface area contributed by atoms with Crippen molar-refractivity contribution >= 4 is 22.1 Å². The molecule has 0 aliphatic rings. The summed E-state index contributed by atoms with van der Waals surface area (Å²) >= 11 is 3.17. The fourth-order valence-corrected chi connectivity index (χ4v) is 1.80. The van der Waals surface area contributed by atoms with Crippen LogP contribution in [0.1, 0.15) is 33.3 Å². The van der Waals surface area contributed by atoms with Crippen LogP contribution >= 0.6 is 15.9 Å². The van der Waals surface area contributed by atoms with Crippen molar-refractivity contribution in [1.82, 2.24) is 0 Å². The molecule has 0 spiro atoms. The number of halogens is 1. The van der Waals surface area contributed by atoms with E-state index in [2.05, 4.69) is 15.9 Å². The molecule has 0 N–H and O–H groups in total. The van der Waals surface area contributed by atoms with Gasteiger partial charge in [0.05, 0.1) is 4.47 Å². The first-order chi connectivity index (χ1) is 8.73. The SMILES string of the molecule is CCc1ccc(OC(=O)OC(C)(C)C)c(=O)c(Br)c1. The number of ether oxygens (including phenoxy) is 2. The van der Waals surface area contributed by atoms with Crippen molar-refractivity contribution in [2.75, 3.05) is 0 Å². The molecule has 0 aromatic heterocycles.